The van der Waals surface area contributed by atoms with E-state index < -0.39 is 0 Å². The van der Waals surface area contributed by atoms with Crippen LogP contribution in [0.3, 0.4) is 0 Å². The smallest absolute Gasteiger partial charge is 0.0448 e. The van der Waals surface area contributed by atoms with E-state index in [0.29, 0.717) is 0 Å². The second-order valence-corrected chi connectivity index (χ2v) is 1.61. The van der Waals surface area contributed by atoms with E-state index >= 15 is 0 Å². The van der Waals surface area contributed by atoms with E-state index in [1.807, 2.05) is 0 Å². The average Bonchev–Trinajstić information content (AvgIpc) is 1.30. The van der Waals surface area contributed by atoms with E-state index in [1.54, 1.807) is 0 Å². The molecule has 0 aromatic heterocycles. The van der Waals surface area contributed by atoms with Crippen molar-refractivity contribution in [1.29, 1.82) is 0 Å². The highest BCUT2D eigenvalue weighted by molar-refractivity contribution is 7.59. The Morgan fingerprint density at radius 1 is 1.80 bits per heavy atom. The van der Waals surface area contributed by atoms with Gasteiger partial charge in [0, 0.05) is 6.61 Å². The van der Waals surface area contributed by atoms with Crippen molar-refractivity contribution in [2.24, 2.45) is 0 Å². The van der Waals surface area contributed by atoms with Crippen LogP contribution in [0.4, 0.5) is 0 Å². The second-order valence-electron chi connectivity index (χ2n) is 1.09. The molecule has 5 heavy (non-hydrogen) atoms. The van der Waals surface area contributed by atoms with Gasteiger partial charge in [-0.25, -0.2) is 0 Å². The van der Waals surface area contributed by atoms with Crippen molar-refractivity contribution in [2.75, 3.05) is 6.61 Å². The molecule has 0 bridgehead atoms. The first kappa shape index (κ1) is 3.50. The fourth-order valence-electron chi connectivity index (χ4n) is 0.214. The molecule has 0 aromatic carbocycles. The standard InChI is InChI=1S/C3H6OS/c5-3-1-2-4-3/h3,5H,1-2H2/p-1. The van der Waals surface area contributed by atoms with E-state index in [4.69, 9.17) is 4.74 Å². The Balaban J connectivity index is 2.08. The minimum absolute atomic E-state index is 0.148. The average molecular weight is 89.1 g/mol. The molecule has 0 aromatic rings. The van der Waals surface area contributed by atoms with Crippen molar-refractivity contribution < 1.29 is 4.74 Å². The van der Waals surface area contributed by atoms with Crippen molar-refractivity contribution in [3.8, 4) is 0 Å². The van der Waals surface area contributed by atoms with Crippen molar-refractivity contribution in [3.63, 3.8) is 0 Å². The van der Waals surface area contributed by atoms with E-state index in [9.17, 15) is 0 Å². The molecule has 30 valence electrons. The fraction of sp³-hybridized carbons (Fsp3) is 1.00. The third-order valence-corrected chi connectivity index (χ3v) is 1.03. The number of ether oxygens (including phenoxy) is 1. The summed E-state index contributed by atoms with van der Waals surface area (Å²) in [7, 11) is 0. The maximum absolute atomic E-state index is 4.75. The van der Waals surface area contributed by atoms with Gasteiger partial charge >= 0.3 is 0 Å². The van der Waals surface area contributed by atoms with Gasteiger partial charge in [0.25, 0.3) is 0 Å². The van der Waals surface area contributed by atoms with E-state index in [1.165, 1.54) is 0 Å². The number of hydrogen-bond donors (Lipinski definition) is 0. The first-order chi connectivity index (χ1) is 2.39. The van der Waals surface area contributed by atoms with Crippen LogP contribution in [-0.2, 0) is 17.4 Å². The molecule has 0 spiro atoms. The second kappa shape index (κ2) is 1.19. The van der Waals surface area contributed by atoms with Gasteiger partial charge in [-0.05, 0) is 6.42 Å². The molecule has 1 nitrogen and oxygen atoms in total. The molecule has 1 unspecified atom stereocenters. The summed E-state index contributed by atoms with van der Waals surface area (Å²) >= 11 is 4.64. The third kappa shape index (κ3) is 0.578. The molecule has 1 aliphatic heterocycles. The van der Waals surface area contributed by atoms with Crippen molar-refractivity contribution >= 4 is 12.6 Å². The molecule has 0 N–H and O–H groups in total. The predicted octanol–water partition coefficient (Wildman–Crippen LogP) is 0.280. The minimum atomic E-state index is 0.148. The SMILES string of the molecule is [S-]C1CCO1. The predicted molar refractivity (Wildman–Crippen MR) is 21.7 cm³/mol. The normalized spacial score (nSPS) is 36.6. The first-order valence-corrected chi connectivity index (χ1v) is 2.14. The molecule has 1 aliphatic rings. The molecule has 1 rings (SSSR count). The summed E-state index contributed by atoms with van der Waals surface area (Å²) in [5.41, 5.74) is 0.148. The molecular formula is C3H5OS-. The monoisotopic (exact) mass is 89.0 g/mol. The highest BCUT2D eigenvalue weighted by Gasteiger charge is 2.00. The van der Waals surface area contributed by atoms with Gasteiger partial charge in [0.05, 0.1) is 0 Å². The summed E-state index contributed by atoms with van der Waals surface area (Å²) < 4.78 is 4.75. The van der Waals surface area contributed by atoms with Crippen LogP contribution in [0.5, 0.6) is 0 Å². The van der Waals surface area contributed by atoms with Crippen LogP contribution >= 0.6 is 0 Å². The lowest BCUT2D eigenvalue weighted by molar-refractivity contribution is 0.0106. The van der Waals surface area contributed by atoms with Gasteiger partial charge < -0.3 is 17.4 Å². The fourth-order valence-corrected chi connectivity index (χ4v) is 0.407. The Kier molecular flexibility index (Phi) is 0.830. The molecule has 0 aliphatic carbocycles. The Labute approximate surface area is 36.7 Å². The van der Waals surface area contributed by atoms with Gasteiger partial charge in [-0.15, -0.1) is 0 Å². The Morgan fingerprint density at radius 2 is 2.20 bits per heavy atom. The van der Waals surface area contributed by atoms with Crippen LogP contribution in [0.1, 0.15) is 6.42 Å². The van der Waals surface area contributed by atoms with Gasteiger partial charge in [-0.3, -0.25) is 0 Å². The molecule has 1 atom stereocenters. The minimum Gasteiger partial charge on any atom is -0.761 e. The Morgan fingerprint density at radius 3 is 2.20 bits per heavy atom. The summed E-state index contributed by atoms with van der Waals surface area (Å²) in [4.78, 5) is 0. The highest BCUT2D eigenvalue weighted by Crippen LogP contribution is 2.06. The first-order valence-electron chi connectivity index (χ1n) is 1.67. The maximum atomic E-state index is 4.75. The summed E-state index contributed by atoms with van der Waals surface area (Å²) in [5.74, 6) is 0. The molecule has 1 heterocycles. The Hall–Kier alpha value is 0.310. The van der Waals surface area contributed by atoms with E-state index in [-0.39, 0.29) is 5.44 Å². The quantitative estimate of drug-likeness (QED) is 0.394. The van der Waals surface area contributed by atoms with Crippen molar-refractivity contribution in [1.82, 2.24) is 0 Å². The lowest BCUT2D eigenvalue weighted by Crippen LogP contribution is -2.23. The topological polar surface area (TPSA) is 9.23 Å². The molecule has 1 saturated heterocycles. The molecule has 2 heteroatoms. The van der Waals surface area contributed by atoms with Crippen LogP contribution in [0, 0.1) is 0 Å². The van der Waals surface area contributed by atoms with E-state index in [2.05, 4.69) is 12.6 Å². The van der Waals surface area contributed by atoms with Gasteiger partial charge in [-0.1, -0.05) is 5.44 Å². The third-order valence-electron chi connectivity index (χ3n) is 0.657. The van der Waals surface area contributed by atoms with E-state index in [0.717, 1.165) is 13.0 Å². The molecule has 1 fully saturated rings. The zero-order chi connectivity index (χ0) is 3.70. The van der Waals surface area contributed by atoms with Crippen LogP contribution in [0.25, 0.3) is 0 Å². The van der Waals surface area contributed by atoms with Gasteiger partial charge in [0.2, 0.25) is 0 Å². The molecular weight excluding hydrogens is 84.1 g/mol. The maximum Gasteiger partial charge on any atom is 0.0448 e. The highest BCUT2D eigenvalue weighted by atomic mass is 32.1. The summed E-state index contributed by atoms with van der Waals surface area (Å²) in [5, 5.41) is 0. The summed E-state index contributed by atoms with van der Waals surface area (Å²) in [6, 6.07) is 0. The van der Waals surface area contributed by atoms with Gasteiger partial charge in [-0.2, -0.15) is 0 Å². The van der Waals surface area contributed by atoms with Crippen molar-refractivity contribution in [2.45, 2.75) is 11.9 Å². The van der Waals surface area contributed by atoms with Crippen LogP contribution < -0.4 is 0 Å². The zero-order valence-corrected chi connectivity index (χ0v) is 3.62. The molecule has 0 saturated carbocycles. The largest absolute Gasteiger partial charge is 0.761 e. The van der Waals surface area contributed by atoms with Gasteiger partial charge in [0.15, 0.2) is 0 Å². The summed E-state index contributed by atoms with van der Waals surface area (Å²) in [6.07, 6.45) is 1.08. The lowest BCUT2D eigenvalue weighted by Gasteiger charge is -2.32. The summed E-state index contributed by atoms with van der Waals surface area (Å²) in [6.45, 7) is 0.883. The Bertz CT molecular complexity index is 33.9. The number of hydrogen-bond acceptors (Lipinski definition) is 2. The molecule has 0 radical (unpaired) electrons. The zero-order valence-electron chi connectivity index (χ0n) is 2.81. The van der Waals surface area contributed by atoms with Crippen LogP contribution in [0.2, 0.25) is 0 Å². The lowest BCUT2D eigenvalue weighted by atomic mass is 10.4. The van der Waals surface area contributed by atoms with Crippen LogP contribution in [-0.4, -0.2) is 12.0 Å². The van der Waals surface area contributed by atoms with Gasteiger partial charge in [0.1, 0.15) is 0 Å². The van der Waals surface area contributed by atoms with Crippen LogP contribution in [0.15, 0.2) is 0 Å². The number of rotatable bonds is 0. The van der Waals surface area contributed by atoms with Crippen molar-refractivity contribution in [3.05, 3.63) is 0 Å². The molecule has 0 amide bonds.